The maximum absolute atomic E-state index is 13.3. The van der Waals surface area contributed by atoms with Crippen molar-refractivity contribution in [2.45, 2.75) is 32.4 Å². The van der Waals surface area contributed by atoms with Crippen molar-refractivity contribution in [3.05, 3.63) is 59.7 Å². The lowest BCUT2D eigenvalue weighted by Crippen LogP contribution is -2.21. The van der Waals surface area contributed by atoms with Crippen LogP contribution in [0, 0.1) is 6.92 Å². The van der Waals surface area contributed by atoms with Crippen LogP contribution in [0.4, 0.5) is 43.8 Å². The highest BCUT2D eigenvalue weighted by Gasteiger charge is 2.33. The van der Waals surface area contributed by atoms with E-state index in [2.05, 4.69) is 25.3 Å². The molecular formula is C22H20F6N4O2. The van der Waals surface area contributed by atoms with Gasteiger partial charge in [0, 0.05) is 23.4 Å². The second-order valence-corrected chi connectivity index (χ2v) is 7.37. The van der Waals surface area contributed by atoms with Crippen molar-refractivity contribution in [3.63, 3.8) is 0 Å². The third kappa shape index (κ3) is 6.50. The lowest BCUT2D eigenvalue weighted by Gasteiger charge is -2.17. The van der Waals surface area contributed by atoms with Gasteiger partial charge < -0.3 is 20.5 Å². The van der Waals surface area contributed by atoms with Gasteiger partial charge in [-0.1, -0.05) is 18.2 Å². The van der Waals surface area contributed by atoms with E-state index in [-0.39, 0.29) is 40.9 Å². The highest BCUT2D eigenvalue weighted by atomic mass is 19.4. The Morgan fingerprint density at radius 3 is 2.35 bits per heavy atom. The molecule has 3 N–H and O–H groups in total. The molecule has 3 aromatic rings. The molecule has 0 amide bonds. The van der Waals surface area contributed by atoms with E-state index in [0.29, 0.717) is 0 Å². The van der Waals surface area contributed by atoms with Crippen molar-refractivity contribution in [1.82, 2.24) is 9.97 Å². The highest BCUT2D eigenvalue weighted by Crippen LogP contribution is 2.36. The Balaban J connectivity index is 2.04. The molecule has 0 radical (unpaired) electrons. The van der Waals surface area contributed by atoms with Crippen LogP contribution in [0.25, 0.3) is 11.3 Å². The maximum Gasteiger partial charge on any atom is 0.573 e. The summed E-state index contributed by atoms with van der Waals surface area (Å²) < 4.78 is 81.6. The molecule has 12 heteroatoms. The zero-order valence-corrected chi connectivity index (χ0v) is 17.9. The molecule has 0 bridgehead atoms. The van der Waals surface area contributed by atoms with Crippen LogP contribution >= 0.6 is 0 Å². The Morgan fingerprint density at radius 2 is 1.71 bits per heavy atom. The van der Waals surface area contributed by atoms with Crippen LogP contribution in [-0.2, 0) is 6.18 Å². The number of nitrogens with one attached hydrogen (secondary N) is 2. The van der Waals surface area contributed by atoms with Crippen molar-refractivity contribution < 1.29 is 36.2 Å². The number of benzene rings is 2. The summed E-state index contributed by atoms with van der Waals surface area (Å²) in [4.78, 5) is 8.48. The number of hydrogen-bond acceptors (Lipinski definition) is 6. The first-order chi connectivity index (χ1) is 15.9. The van der Waals surface area contributed by atoms with Crippen LogP contribution in [0.1, 0.15) is 18.1 Å². The van der Waals surface area contributed by atoms with Crippen molar-refractivity contribution in [3.8, 4) is 17.0 Å². The predicted molar refractivity (Wildman–Crippen MR) is 114 cm³/mol. The second kappa shape index (κ2) is 9.75. The van der Waals surface area contributed by atoms with E-state index in [1.807, 2.05) is 0 Å². The quantitative estimate of drug-likeness (QED) is 0.361. The number of aliphatic hydroxyl groups excluding tert-OH is 1. The van der Waals surface area contributed by atoms with Crippen LogP contribution in [-0.4, -0.2) is 34.1 Å². The van der Waals surface area contributed by atoms with Gasteiger partial charge in [0.05, 0.1) is 17.9 Å². The summed E-state index contributed by atoms with van der Waals surface area (Å²) >= 11 is 0. The molecule has 34 heavy (non-hydrogen) atoms. The zero-order chi connectivity index (χ0) is 25.1. The standard InChI is InChI=1S/C22H20F6N4O2/c1-12(11-33)29-20-31-18(14-5-3-6-15(9-14)34-22(26,27)28)10-19(32-20)30-17-8-4-7-16(13(17)2)21(23,24)25/h3-10,12,33H,11H2,1-2H3,(H2,29,30,31,32)/t12-/m0/s1. The molecule has 1 atom stereocenters. The predicted octanol–water partition coefficient (Wildman–Crippen LogP) is 5.91. The molecule has 2 aromatic carbocycles. The van der Waals surface area contributed by atoms with Gasteiger partial charge >= 0.3 is 12.5 Å². The number of nitrogens with zero attached hydrogens (tertiary/aromatic N) is 2. The van der Waals surface area contributed by atoms with Crippen LogP contribution in [0.5, 0.6) is 5.75 Å². The van der Waals surface area contributed by atoms with E-state index in [1.165, 1.54) is 37.3 Å². The summed E-state index contributed by atoms with van der Waals surface area (Å²) in [5.74, 6) is -0.374. The molecular weight excluding hydrogens is 466 g/mol. The molecule has 0 fully saturated rings. The molecule has 0 aliphatic rings. The summed E-state index contributed by atoms with van der Waals surface area (Å²) in [5, 5.41) is 15.0. The Labute approximate surface area is 190 Å². The van der Waals surface area contributed by atoms with Gasteiger partial charge in [-0.25, -0.2) is 4.98 Å². The lowest BCUT2D eigenvalue weighted by atomic mass is 10.1. The minimum Gasteiger partial charge on any atom is -0.406 e. The van der Waals surface area contributed by atoms with E-state index in [0.717, 1.165) is 18.2 Å². The van der Waals surface area contributed by atoms with Gasteiger partial charge in [-0.3, -0.25) is 0 Å². The first-order valence-corrected chi connectivity index (χ1v) is 9.92. The van der Waals surface area contributed by atoms with Gasteiger partial charge in [-0.2, -0.15) is 18.2 Å². The van der Waals surface area contributed by atoms with Gasteiger partial charge in [0.15, 0.2) is 0 Å². The number of halogens is 6. The van der Waals surface area contributed by atoms with Crippen molar-refractivity contribution >= 4 is 17.5 Å². The summed E-state index contributed by atoms with van der Waals surface area (Å²) in [5.41, 5.74) is -0.338. The fraction of sp³-hybridized carbons (Fsp3) is 0.273. The maximum atomic E-state index is 13.3. The highest BCUT2D eigenvalue weighted by molar-refractivity contribution is 5.70. The SMILES string of the molecule is Cc1c(Nc2cc(-c3cccc(OC(F)(F)F)c3)nc(N[C@@H](C)CO)n2)cccc1C(F)(F)F. The normalized spacial score (nSPS) is 12.9. The Bertz CT molecular complexity index is 1150. The van der Waals surface area contributed by atoms with Crippen LogP contribution in [0.3, 0.4) is 0 Å². The smallest absolute Gasteiger partial charge is 0.406 e. The monoisotopic (exact) mass is 486 g/mol. The number of anilines is 3. The summed E-state index contributed by atoms with van der Waals surface area (Å²) in [7, 11) is 0. The Kier molecular flexibility index (Phi) is 7.20. The minimum atomic E-state index is -4.89. The third-order valence-corrected chi connectivity index (χ3v) is 4.64. The van der Waals surface area contributed by atoms with E-state index in [9.17, 15) is 31.4 Å². The largest absolute Gasteiger partial charge is 0.573 e. The molecule has 1 heterocycles. The Hall–Kier alpha value is -3.54. The fourth-order valence-electron chi connectivity index (χ4n) is 3.06. The van der Waals surface area contributed by atoms with Crippen molar-refractivity contribution in [2.24, 2.45) is 0 Å². The second-order valence-electron chi connectivity index (χ2n) is 7.37. The number of hydrogen-bond donors (Lipinski definition) is 3. The molecule has 0 saturated carbocycles. The lowest BCUT2D eigenvalue weighted by molar-refractivity contribution is -0.274. The average Bonchev–Trinajstić information content (AvgIpc) is 2.73. The van der Waals surface area contributed by atoms with Gasteiger partial charge in [0.2, 0.25) is 5.95 Å². The van der Waals surface area contributed by atoms with E-state index < -0.39 is 29.9 Å². The Morgan fingerprint density at radius 1 is 1.00 bits per heavy atom. The topological polar surface area (TPSA) is 79.3 Å². The van der Waals surface area contributed by atoms with Gasteiger partial charge in [0.25, 0.3) is 0 Å². The molecule has 0 unspecified atom stereocenters. The molecule has 6 nitrogen and oxygen atoms in total. The number of ether oxygens (including phenoxy) is 1. The van der Waals surface area contributed by atoms with Crippen LogP contribution < -0.4 is 15.4 Å². The molecule has 3 rings (SSSR count). The van der Waals surface area contributed by atoms with E-state index in [4.69, 9.17) is 0 Å². The average molecular weight is 486 g/mol. The number of aromatic nitrogens is 2. The van der Waals surface area contributed by atoms with Gasteiger partial charge in [-0.15, -0.1) is 13.2 Å². The molecule has 0 saturated heterocycles. The zero-order valence-electron chi connectivity index (χ0n) is 17.9. The summed E-state index contributed by atoms with van der Waals surface area (Å²) in [6.45, 7) is 2.67. The first-order valence-electron chi connectivity index (χ1n) is 9.92. The van der Waals surface area contributed by atoms with Gasteiger partial charge in [-0.05, 0) is 43.7 Å². The van der Waals surface area contributed by atoms with E-state index >= 15 is 0 Å². The molecule has 1 aromatic heterocycles. The van der Waals surface area contributed by atoms with Gasteiger partial charge in [0.1, 0.15) is 11.6 Å². The van der Waals surface area contributed by atoms with E-state index in [1.54, 1.807) is 6.92 Å². The van der Waals surface area contributed by atoms with Crippen molar-refractivity contribution in [2.75, 3.05) is 17.2 Å². The summed E-state index contributed by atoms with van der Waals surface area (Å²) in [6.07, 6.45) is -9.44. The fourth-order valence-corrected chi connectivity index (χ4v) is 3.06. The third-order valence-electron chi connectivity index (χ3n) is 4.64. The molecule has 182 valence electrons. The minimum absolute atomic E-state index is 0.00771. The molecule has 0 aliphatic carbocycles. The molecule has 0 aliphatic heterocycles. The number of alkyl halides is 6. The number of aliphatic hydroxyl groups is 1. The van der Waals surface area contributed by atoms with Crippen LogP contribution in [0.2, 0.25) is 0 Å². The van der Waals surface area contributed by atoms with Crippen LogP contribution in [0.15, 0.2) is 48.5 Å². The molecule has 0 spiro atoms. The summed E-state index contributed by atoms with van der Waals surface area (Å²) in [6, 6.07) is 9.60. The first kappa shape index (κ1) is 25.1. The van der Waals surface area contributed by atoms with Crippen molar-refractivity contribution in [1.29, 1.82) is 0 Å². The number of rotatable bonds is 7.